The summed E-state index contributed by atoms with van der Waals surface area (Å²) in [6.45, 7) is 1.68. The fourth-order valence-electron chi connectivity index (χ4n) is 3.69. The van der Waals surface area contributed by atoms with Crippen LogP contribution in [0, 0.1) is 5.92 Å². The fourth-order valence-corrected chi connectivity index (χ4v) is 3.69. The van der Waals surface area contributed by atoms with Gasteiger partial charge < -0.3 is 20.3 Å². The average molecular weight is 438 g/mol. The third-order valence-corrected chi connectivity index (χ3v) is 5.54. The summed E-state index contributed by atoms with van der Waals surface area (Å²) in [7, 11) is 0. The van der Waals surface area contributed by atoms with Crippen molar-refractivity contribution >= 4 is 17.7 Å². The first-order chi connectivity index (χ1) is 15.6. The molecule has 1 unspecified atom stereocenters. The maximum absolute atomic E-state index is 12.8. The maximum atomic E-state index is 12.8. The van der Waals surface area contributed by atoms with Crippen molar-refractivity contribution in [3.05, 3.63) is 66.2 Å². The molecule has 1 atom stereocenters. The van der Waals surface area contributed by atoms with E-state index in [9.17, 15) is 14.4 Å². The number of hydrogen-bond acceptors (Lipinski definition) is 4. The molecule has 0 radical (unpaired) electrons. The number of para-hydroxylation sites is 1. The van der Waals surface area contributed by atoms with E-state index in [1.807, 2.05) is 48.5 Å². The molecule has 1 fully saturated rings. The highest BCUT2D eigenvalue weighted by Crippen LogP contribution is 2.15. The van der Waals surface area contributed by atoms with Crippen LogP contribution in [0.4, 0.5) is 0 Å². The standard InChI is InChI=1S/C25H31N3O4/c29-23-14-17-28(24(30)19-32-22-11-5-2-6-12-22)16-7-10-21(13-15-26-23)25(31)27-18-20-8-3-1-4-9-20/h1-6,8-9,11-12,21H,7,10,13-19H2,(H,26,29)(H,27,31). The molecule has 3 rings (SSSR count). The summed E-state index contributed by atoms with van der Waals surface area (Å²) < 4.78 is 5.58. The molecular formula is C25H31N3O4. The van der Waals surface area contributed by atoms with Crippen LogP contribution in [-0.4, -0.2) is 48.9 Å². The maximum Gasteiger partial charge on any atom is 0.260 e. The Balaban J connectivity index is 1.53. The van der Waals surface area contributed by atoms with Crippen LogP contribution in [-0.2, 0) is 20.9 Å². The van der Waals surface area contributed by atoms with Gasteiger partial charge in [0.15, 0.2) is 6.61 Å². The van der Waals surface area contributed by atoms with Gasteiger partial charge in [0.25, 0.3) is 5.91 Å². The minimum atomic E-state index is -0.213. The average Bonchev–Trinajstić information content (AvgIpc) is 2.87. The summed E-state index contributed by atoms with van der Waals surface area (Å²) in [6.07, 6.45) is 2.16. The Morgan fingerprint density at radius 2 is 1.72 bits per heavy atom. The second kappa shape index (κ2) is 12.5. The van der Waals surface area contributed by atoms with Crippen LogP contribution in [0.25, 0.3) is 0 Å². The number of rotatable bonds is 6. The van der Waals surface area contributed by atoms with Crippen molar-refractivity contribution in [2.75, 3.05) is 26.2 Å². The SMILES string of the molecule is O=C1CCN(C(=O)COc2ccccc2)CCCC(C(=O)NCc2ccccc2)CCN1. The Bertz CT molecular complexity index is 873. The van der Waals surface area contributed by atoms with Gasteiger partial charge in [-0.3, -0.25) is 14.4 Å². The van der Waals surface area contributed by atoms with Crippen LogP contribution in [0.5, 0.6) is 5.75 Å². The number of hydrogen-bond donors (Lipinski definition) is 2. The van der Waals surface area contributed by atoms with Crippen LogP contribution in [0.15, 0.2) is 60.7 Å². The van der Waals surface area contributed by atoms with Crippen molar-refractivity contribution in [2.24, 2.45) is 5.92 Å². The molecule has 1 aliphatic rings. The Morgan fingerprint density at radius 3 is 2.47 bits per heavy atom. The quantitative estimate of drug-likeness (QED) is 0.727. The zero-order valence-corrected chi connectivity index (χ0v) is 18.3. The molecule has 1 saturated heterocycles. The second-order valence-corrected chi connectivity index (χ2v) is 7.91. The topological polar surface area (TPSA) is 87.7 Å². The normalized spacial score (nSPS) is 17.6. The van der Waals surface area contributed by atoms with Gasteiger partial charge in [-0.2, -0.15) is 0 Å². The molecule has 0 aliphatic carbocycles. The first kappa shape index (κ1) is 23.3. The van der Waals surface area contributed by atoms with Gasteiger partial charge in [0.05, 0.1) is 0 Å². The van der Waals surface area contributed by atoms with Crippen molar-refractivity contribution in [1.29, 1.82) is 0 Å². The van der Waals surface area contributed by atoms with Gasteiger partial charge >= 0.3 is 0 Å². The van der Waals surface area contributed by atoms with Crippen LogP contribution in [0.1, 0.15) is 31.2 Å². The smallest absolute Gasteiger partial charge is 0.260 e. The van der Waals surface area contributed by atoms with E-state index in [0.717, 1.165) is 5.56 Å². The Kier molecular flexibility index (Phi) is 9.10. The predicted octanol–water partition coefficient (Wildman–Crippen LogP) is 2.52. The van der Waals surface area contributed by atoms with Gasteiger partial charge in [0.1, 0.15) is 5.75 Å². The van der Waals surface area contributed by atoms with Crippen molar-refractivity contribution in [3.63, 3.8) is 0 Å². The summed E-state index contributed by atoms with van der Waals surface area (Å²) in [6, 6.07) is 18.9. The van der Waals surface area contributed by atoms with Gasteiger partial charge in [0.2, 0.25) is 11.8 Å². The number of amides is 3. The Labute approximate surface area is 189 Å². The number of nitrogens with zero attached hydrogens (tertiary/aromatic N) is 1. The third kappa shape index (κ3) is 7.72. The minimum Gasteiger partial charge on any atom is -0.484 e. The molecule has 0 saturated carbocycles. The zero-order valence-electron chi connectivity index (χ0n) is 18.3. The lowest BCUT2D eigenvalue weighted by atomic mass is 9.98. The summed E-state index contributed by atoms with van der Waals surface area (Å²) in [5, 5.41) is 5.87. The van der Waals surface area contributed by atoms with E-state index in [1.165, 1.54) is 0 Å². The molecule has 1 heterocycles. The highest BCUT2D eigenvalue weighted by Gasteiger charge is 2.22. The molecular weight excluding hydrogens is 406 g/mol. The first-order valence-electron chi connectivity index (χ1n) is 11.2. The van der Waals surface area contributed by atoms with E-state index in [2.05, 4.69) is 10.6 Å². The highest BCUT2D eigenvalue weighted by atomic mass is 16.5. The van der Waals surface area contributed by atoms with E-state index < -0.39 is 0 Å². The Hall–Kier alpha value is -3.35. The lowest BCUT2D eigenvalue weighted by Gasteiger charge is -2.23. The number of nitrogens with one attached hydrogen (secondary N) is 2. The monoisotopic (exact) mass is 437 g/mol. The molecule has 32 heavy (non-hydrogen) atoms. The highest BCUT2D eigenvalue weighted by molar-refractivity contribution is 5.80. The molecule has 2 N–H and O–H groups in total. The van der Waals surface area contributed by atoms with E-state index >= 15 is 0 Å². The minimum absolute atomic E-state index is 0.0207. The van der Waals surface area contributed by atoms with Crippen LogP contribution < -0.4 is 15.4 Å². The van der Waals surface area contributed by atoms with Gasteiger partial charge in [0, 0.05) is 38.5 Å². The molecule has 7 nitrogen and oxygen atoms in total. The lowest BCUT2D eigenvalue weighted by Crippen LogP contribution is -2.38. The van der Waals surface area contributed by atoms with E-state index in [4.69, 9.17) is 4.74 Å². The molecule has 0 aromatic heterocycles. The Morgan fingerprint density at radius 1 is 1.00 bits per heavy atom. The molecule has 0 bridgehead atoms. The van der Waals surface area contributed by atoms with E-state index in [-0.39, 0.29) is 36.7 Å². The molecule has 170 valence electrons. The van der Waals surface area contributed by atoms with Crippen LogP contribution >= 0.6 is 0 Å². The van der Waals surface area contributed by atoms with Crippen molar-refractivity contribution < 1.29 is 19.1 Å². The van der Waals surface area contributed by atoms with Gasteiger partial charge in [-0.25, -0.2) is 0 Å². The molecule has 3 amide bonds. The van der Waals surface area contributed by atoms with Gasteiger partial charge in [-0.15, -0.1) is 0 Å². The number of benzene rings is 2. The van der Waals surface area contributed by atoms with Gasteiger partial charge in [-0.05, 0) is 37.0 Å². The summed E-state index contributed by atoms with van der Waals surface area (Å²) in [4.78, 5) is 39.3. The number of ether oxygens (including phenoxy) is 1. The summed E-state index contributed by atoms with van der Waals surface area (Å²) in [5.74, 6) is 0.122. The van der Waals surface area contributed by atoms with Crippen molar-refractivity contribution in [2.45, 2.75) is 32.2 Å². The molecule has 2 aromatic rings. The number of carbonyl (C=O) groups excluding carboxylic acids is 3. The summed E-state index contributed by atoms with van der Waals surface area (Å²) in [5.41, 5.74) is 1.04. The predicted molar refractivity (Wildman–Crippen MR) is 122 cm³/mol. The van der Waals surface area contributed by atoms with E-state index in [1.54, 1.807) is 17.0 Å². The third-order valence-electron chi connectivity index (χ3n) is 5.54. The molecule has 2 aromatic carbocycles. The van der Waals surface area contributed by atoms with Crippen molar-refractivity contribution in [3.8, 4) is 5.75 Å². The van der Waals surface area contributed by atoms with Gasteiger partial charge in [-0.1, -0.05) is 48.5 Å². The molecule has 1 aliphatic heterocycles. The first-order valence-corrected chi connectivity index (χ1v) is 11.2. The fraction of sp³-hybridized carbons (Fsp3) is 0.400. The molecule has 7 heteroatoms. The van der Waals surface area contributed by atoms with E-state index in [0.29, 0.717) is 51.2 Å². The van der Waals surface area contributed by atoms with Crippen molar-refractivity contribution in [1.82, 2.24) is 15.5 Å². The number of carbonyl (C=O) groups is 3. The summed E-state index contributed by atoms with van der Waals surface area (Å²) >= 11 is 0. The zero-order chi connectivity index (χ0) is 22.6. The second-order valence-electron chi connectivity index (χ2n) is 7.91. The largest absolute Gasteiger partial charge is 0.484 e. The van der Waals surface area contributed by atoms with Crippen LogP contribution in [0.3, 0.4) is 0 Å². The van der Waals surface area contributed by atoms with Crippen LogP contribution in [0.2, 0.25) is 0 Å². The lowest BCUT2D eigenvalue weighted by molar-refractivity contribution is -0.134. The molecule has 0 spiro atoms.